The molecule has 0 spiro atoms. The minimum atomic E-state index is 0.368. The highest BCUT2D eigenvalue weighted by Gasteiger charge is 2.43. The minimum Gasteiger partial charge on any atom is -0.388 e. The largest absolute Gasteiger partial charge is 0.388 e. The van der Waals surface area contributed by atoms with Crippen molar-refractivity contribution in [3.05, 3.63) is 0 Å². The summed E-state index contributed by atoms with van der Waals surface area (Å²) in [7, 11) is 0. The van der Waals surface area contributed by atoms with Crippen LogP contribution < -0.4 is 5.73 Å². The smallest absolute Gasteiger partial charge is 0.0911 e. The van der Waals surface area contributed by atoms with Crippen LogP contribution in [0.4, 0.5) is 0 Å². The summed E-state index contributed by atoms with van der Waals surface area (Å²) in [5.41, 5.74) is 5.93. The first-order valence-corrected chi connectivity index (χ1v) is 7.17. The fourth-order valence-corrected chi connectivity index (χ4v) is 2.48. The van der Waals surface area contributed by atoms with E-state index in [9.17, 15) is 0 Å². The van der Waals surface area contributed by atoms with Crippen LogP contribution in [0.5, 0.6) is 0 Å². The van der Waals surface area contributed by atoms with E-state index in [1.165, 1.54) is 51.6 Å². The highest BCUT2D eigenvalue weighted by molar-refractivity contribution is 5.78. The second kappa shape index (κ2) is 7.00. The molecule has 0 heterocycles. The predicted octanol–water partition coefficient (Wildman–Crippen LogP) is 2.99. The highest BCUT2D eigenvalue weighted by atomic mass is 15.1. The SMILES string of the molecule is CCCCN(CCCC)CC1(CC(=N)N)CC1. The van der Waals surface area contributed by atoms with Gasteiger partial charge in [-0.2, -0.15) is 0 Å². The maximum absolute atomic E-state index is 7.47. The van der Waals surface area contributed by atoms with Gasteiger partial charge in [0, 0.05) is 13.0 Å². The van der Waals surface area contributed by atoms with Crippen molar-refractivity contribution in [3.63, 3.8) is 0 Å². The number of rotatable bonds is 10. The zero-order valence-corrected chi connectivity index (χ0v) is 11.6. The van der Waals surface area contributed by atoms with Gasteiger partial charge >= 0.3 is 0 Å². The Kier molecular flexibility index (Phi) is 5.96. The first-order valence-electron chi connectivity index (χ1n) is 7.17. The molecule has 1 saturated carbocycles. The third-order valence-corrected chi connectivity index (χ3v) is 3.74. The number of amidine groups is 1. The molecule has 0 saturated heterocycles. The van der Waals surface area contributed by atoms with Gasteiger partial charge in [-0.25, -0.2) is 0 Å². The Morgan fingerprint density at radius 2 is 1.71 bits per heavy atom. The summed E-state index contributed by atoms with van der Waals surface area (Å²) in [5.74, 6) is 0.369. The monoisotopic (exact) mass is 239 g/mol. The van der Waals surface area contributed by atoms with Crippen molar-refractivity contribution in [1.82, 2.24) is 4.90 Å². The number of hydrogen-bond donors (Lipinski definition) is 2. The fraction of sp³-hybridized carbons (Fsp3) is 0.929. The second-order valence-electron chi connectivity index (χ2n) is 5.69. The standard InChI is InChI=1S/C14H29N3/c1-3-5-9-17(10-6-4-2)12-14(7-8-14)11-13(15)16/h3-12H2,1-2H3,(H3,15,16). The number of unbranched alkanes of at least 4 members (excludes halogenated alkanes) is 2. The first-order chi connectivity index (χ1) is 8.12. The van der Waals surface area contributed by atoms with E-state index in [0.29, 0.717) is 11.3 Å². The molecule has 0 bridgehead atoms. The van der Waals surface area contributed by atoms with Gasteiger partial charge in [0.05, 0.1) is 5.84 Å². The first kappa shape index (κ1) is 14.5. The van der Waals surface area contributed by atoms with Crippen molar-refractivity contribution in [2.75, 3.05) is 19.6 Å². The maximum Gasteiger partial charge on any atom is 0.0911 e. The zero-order valence-electron chi connectivity index (χ0n) is 11.6. The van der Waals surface area contributed by atoms with Crippen LogP contribution in [0.3, 0.4) is 0 Å². The molecule has 1 fully saturated rings. The predicted molar refractivity (Wildman–Crippen MR) is 74.5 cm³/mol. The van der Waals surface area contributed by atoms with E-state index in [1.54, 1.807) is 0 Å². The average Bonchev–Trinajstić information content (AvgIpc) is 3.01. The van der Waals surface area contributed by atoms with Gasteiger partial charge in [-0.15, -0.1) is 0 Å². The van der Waals surface area contributed by atoms with Crippen molar-refractivity contribution >= 4 is 5.84 Å². The van der Waals surface area contributed by atoms with Crippen LogP contribution in [-0.2, 0) is 0 Å². The highest BCUT2D eigenvalue weighted by Crippen LogP contribution is 2.49. The van der Waals surface area contributed by atoms with Crippen molar-refractivity contribution in [1.29, 1.82) is 5.41 Å². The van der Waals surface area contributed by atoms with Crippen molar-refractivity contribution in [3.8, 4) is 0 Å². The Morgan fingerprint density at radius 3 is 2.06 bits per heavy atom. The van der Waals surface area contributed by atoms with Gasteiger partial charge in [0.2, 0.25) is 0 Å². The summed E-state index contributed by atoms with van der Waals surface area (Å²) in [6.07, 6.45) is 8.45. The fourth-order valence-electron chi connectivity index (χ4n) is 2.48. The van der Waals surface area contributed by atoms with E-state index < -0.39 is 0 Å². The van der Waals surface area contributed by atoms with Crippen molar-refractivity contribution in [2.45, 2.75) is 58.8 Å². The number of hydrogen-bond acceptors (Lipinski definition) is 2. The van der Waals surface area contributed by atoms with E-state index >= 15 is 0 Å². The molecule has 0 amide bonds. The molecule has 1 aliphatic rings. The Bertz CT molecular complexity index is 226. The molecule has 0 atom stereocenters. The molecular formula is C14H29N3. The van der Waals surface area contributed by atoms with E-state index in [4.69, 9.17) is 11.1 Å². The summed E-state index contributed by atoms with van der Waals surface area (Å²) in [5, 5.41) is 7.47. The lowest BCUT2D eigenvalue weighted by Gasteiger charge is -2.27. The van der Waals surface area contributed by atoms with Crippen LogP contribution in [0.15, 0.2) is 0 Å². The van der Waals surface area contributed by atoms with Gasteiger partial charge in [-0.1, -0.05) is 26.7 Å². The third-order valence-electron chi connectivity index (χ3n) is 3.74. The summed E-state index contributed by atoms with van der Waals surface area (Å²) in [6.45, 7) is 8.10. The maximum atomic E-state index is 7.47. The van der Waals surface area contributed by atoms with Crippen molar-refractivity contribution in [2.24, 2.45) is 11.1 Å². The lowest BCUT2D eigenvalue weighted by molar-refractivity contribution is 0.216. The minimum absolute atomic E-state index is 0.368. The van der Waals surface area contributed by atoms with E-state index in [0.717, 1.165) is 13.0 Å². The van der Waals surface area contributed by atoms with Gasteiger partial charge in [-0.3, -0.25) is 5.41 Å². The van der Waals surface area contributed by atoms with Crippen LogP contribution in [0, 0.1) is 10.8 Å². The molecule has 0 aromatic carbocycles. The Hall–Kier alpha value is -0.570. The molecule has 0 aliphatic heterocycles. The molecule has 1 aliphatic carbocycles. The van der Waals surface area contributed by atoms with E-state index in [1.807, 2.05) is 0 Å². The molecule has 1 rings (SSSR count). The molecular weight excluding hydrogens is 210 g/mol. The number of nitrogens with zero attached hydrogens (tertiary/aromatic N) is 1. The van der Waals surface area contributed by atoms with Gasteiger partial charge in [0.1, 0.15) is 0 Å². The molecule has 3 nitrogen and oxygen atoms in total. The average molecular weight is 239 g/mol. The Balaban J connectivity index is 2.38. The van der Waals surface area contributed by atoms with Crippen molar-refractivity contribution < 1.29 is 0 Å². The van der Waals surface area contributed by atoms with Crippen LogP contribution in [0.25, 0.3) is 0 Å². The van der Waals surface area contributed by atoms with Crippen LogP contribution >= 0.6 is 0 Å². The van der Waals surface area contributed by atoms with Gasteiger partial charge in [-0.05, 0) is 44.2 Å². The van der Waals surface area contributed by atoms with Crippen LogP contribution in [0.1, 0.15) is 58.8 Å². The molecule has 3 heteroatoms. The molecule has 100 valence electrons. The van der Waals surface area contributed by atoms with Gasteiger partial charge in [0.25, 0.3) is 0 Å². The summed E-state index contributed by atoms with van der Waals surface area (Å²) >= 11 is 0. The normalized spacial score (nSPS) is 17.4. The summed E-state index contributed by atoms with van der Waals surface area (Å²) in [4.78, 5) is 2.60. The number of nitrogens with one attached hydrogen (secondary N) is 1. The summed E-state index contributed by atoms with van der Waals surface area (Å²) < 4.78 is 0. The lowest BCUT2D eigenvalue weighted by atomic mass is 10.0. The van der Waals surface area contributed by atoms with Crippen LogP contribution in [0.2, 0.25) is 0 Å². The Morgan fingerprint density at radius 1 is 1.18 bits per heavy atom. The lowest BCUT2D eigenvalue weighted by Crippen LogP contribution is -2.34. The topological polar surface area (TPSA) is 53.1 Å². The van der Waals surface area contributed by atoms with Crippen LogP contribution in [-0.4, -0.2) is 30.4 Å². The third kappa shape index (κ3) is 5.53. The molecule has 0 radical (unpaired) electrons. The quantitative estimate of drug-likeness (QED) is 0.455. The molecule has 0 aromatic heterocycles. The molecule has 3 N–H and O–H groups in total. The second-order valence-corrected chi connectivity index (χ2v) is 5.69. The summed E-state index contributed by atoms with van der Waals surface area (Å²) in [6, 6.07) is 0. The van der Waals surface area contributed by atoms with E-state index in [2.05, 4.69) is 18.7 Å². The zero-order chi connectivity index (χ0) is 12.7. The van der Waals surface area contributed by atoms with Gasteiger partial charge in [0.15, 0.2) is 0 Å². The number of nitrogens with two attached hydrogens (primary N) is 1. The Labute approximate surface area is 106 Å². The molecule has 17 heavy (non-hydrogen) atoms. The van der Waals surface area contributed by atoms with Gasteiger partial charge < -0.3 is 10.6 Å². The van der Waals surface area contributed by atoms with E-state index in [-0.39, 0.29) is 0 Å². The molecule has 0 aromatic rings. The molecule has 0 unspecified atom stereocenters.